The van der Waals surface area contributed by atoms with E-state index in [1.165, 1.54) is 0 Å². The fourth-order valence-electron chi connectivity index (χ4n) is 1.55. The van der Waals surface area contributed by atoms with E-state index in [4.69, 9.17) is 4.74 Å². The molecule has 1 aliphatic rings. The Kier molecular flexibility index (Phi) is 4.90. The summed E-state index contributed by atoms with van der Waals surface area (Å²) in [5, 5.41) is 3.30. The minimum Gasteiger partial charge on any atom is -0.372 e. The van der Waals surface area contributed by atoms with Crippen LogP contribution in [-0.4, -0.2) is 49.7 Å². The van der Waals surface area contributed by atoms with E-state index in [1.54, 1.807) is 0 Å². The zero-order chi connectivity index (χ0) is 10.4. The number of piperazine rings is 1. The van der Waals surface area contributed by atoms with Gasteiger partial charge in [0.25, 0.3) is 0 Å². The smallest absolute Gasteiger partial charge is 0.248 e. The minimum atomic E-state index is 0.117. The van der Waals surface area contributed by atoms with E-state index in [9.17, 15) is 4.79 Å². The molecule has 0 aliphatic carbocycles. The van der Waals surface area contributed by atoms with E-state index >= 15 is 0 Å². The zero-order valence-corrected chi connectivity index (χ0v) is 9.08. The van der Waals surface area contributed by atoms with E-state index in [-0.39, 0.29) is 12.5 Å². The number of carbonyl (C=O) groups excluding carboxylic acids is 1. The van der Waals surface area contributed by atoms with Crippen LogP contribution in [0.3, 0.4) is 0 Å². The molecule has 14 heavy (non-hydrogen) atoms. The molecule has 4 nitrogen and oxygen atoms in total. The number of nitrogens with one attached hydrogen (secondary N) is 1. The summed E-state index contributed by atoms with van der Waals surface area (Å²) in [5.41, 5.74) is 0. The molecule has 4 heteroatoms. The Morgan fingerprint density at radius 3 is 3.07 bits per heavy atom. The largest absolute Gasteiger partial charge is 0.372 e. The third-order valence-corrected chi connectivity index (χ3v) is 2.30. The Morgan fingerprint density at radius 1 is 1.64 bits per heavy atom. The molecule has 82 valence electrons. The van der Waals surface area contributed by atoms with Crippen LogP contribution in [0, 0.1) is 0 Å². The van der Waals surface area contributed by atoms with Crippen LogP contribution < -0.4 is 5.32 Å². The highest BCUT2D eigenvalue weighted by Crippen LogP contribution is 1.99. The Morgan fingerprint density at radius 2 is 2.43 bits per heavy atom. The van der Waals surface area contributed by atoms with Crippen molar-refractivity contribution in [3.8, 4) is 0 Å². The Bertz CT molecular complexity index is 185. The molecule has 1 fully saturated rings. The first-order valence-corrected chi connectivity index (χ1v) is 5.33. The Balaban J connectivity index is 2.22. The first kappa shape index (κ1) is 11.5. The average Bonchev–Trinajstić information content (AvgIpc) is 2.18. The summed E-state index contributed by atoms with van der Waals surface area (Å²) in [5.74, 6) is 0.117. The lowest BCUT2D eigenvalue weighted by Gasteiger charge is -2.31. The SMILES string of the molecule is CCCOCC(=O)N1CCN[C@H](C)C1. The van der Waals surface area contributed by atoms with Crippen LogP contribution in [0.4, 0.5) is 0 Å². The van der Waals surface area contributed by atoms with Crippen molar-refractivity contribution in [2.75, 3.05) is 32.8 Å². The second-order valence-electron chi connectivity index (χ2n) is 3.75. The van der Waals surface area contributed by atoms with Crippen molar-refractivity contribution in [3.05, 3.63) is 0 Å². The molecule has 1 aliphatic heterocycles. The third-order valence-electron chi connectivity index (χ3n) is 2.30. The second kappa shape index (κ2) is 5.98. The highest BCUT2D eigenvalue weighted by molar-refractivity contribution is 5.77. The van der Waals surface area contributed by atoms with Gasteiger partial charge in [0.2, 0.25) is 5.91 Å². The number of amides is 1. The molecule has 1 rings (SSSR count). The zero-order valence-electron chi connectivity index (χ0n) is 9.08. The Labute approximate surface area is 85.6 Å². The molecular weight excluding hydrogens is 180 g/mol. The summed E-state index contributed by atoms with van der Waals surface area (Å²) >= 11 is 0. The van der Waals surface area contributed by atoms with Gasteiger partial charge in [0.05, 0.1) is 0 Å². The molecule has 1 heterocycles. The van der Waals surface area contributed by atoms with Gasteiger partial charge >= 0.3 is 0 Å². The summed E-state index contributed by atoms with van der Waals surface area (Å²) in [6, 6.07) is 0.402. The van der Waals surface area contributed by atoms with Crippen LogP contribution in [0.25, 0.3) is 0 Å². The quantitative estimate of drug-likeness (QED) is 0.661. The molecule has 0 aromatic rings. The molecule has 0 aromatic carbocycles. The van der Waals surface area contributed by atoms with E-state index in [2.05, 4.69) is 12.2 Å². The van der Waals surface area contributed by atoms with Crippen LogP contribution in [0.15, 0.2) is 0 Å². The van der Waals surface area contributed by atoms with Gasteiger partial charge in [-0.15, -0.1) is 0 Å². The molecule has 0 spiro atoms. The number of carbonyl (C=O) groups is 1. The predicted molar refractivity (Wildman–Crippen MR) is 55.2 cm³/mol. The highest BCUT2D eigenvalue weighted by atomic mass is 16.5. The van der Waals surface area contributed by atoms with E-state index < -0.39 is 0 Å². The molecule has 1 amide bonds. The maximum Gasteiger partial charge on any atom is 0.248 e. The van der Waals surface area contributed by atoms with Gasteiger partial charge in [-0.25, -0.2) is 0 Å². The number of hydrogen-bond acceptors (Lipinski definition) is 3. The van der Waals surface area contributed by atoms with Gasteiger partial charge in [-0.05, 0) is 13.3 Å². The van der Waals surface area contributed by atoms with Crippen molar-refractivity contribution in [2.45, 2.75) is 26.3 Å². The molecule has 1 saturated heterocycles. The highest BCUT2D eigenvalue weighted by Gasteiger charge is 2.19. The number of rotatable bonds is 4. The number of ether oxygens (including phenoxy) is 1. The van der Waals surface area contributed by atoms with Crippen molar-refractivity contribution in [3.63, 3.8) is 0 Å². The lowest BCUT2D eigenvalue weighted by atomic mass is 10.2. The third kappa shape index (κ3) is 3.64. The topological polar surface area (TPSA) is 41.6 Å². The average molecular weight is 200 g/mol. The normalized spacial score (nSPS) is 22.4. The summed E-state index contributed by atoms with van der Waals surface area (Å²) in [6.45, 7) is 7.53. The Hall–Kier alpha value is -0.610. The molecule has 0 bridgehead atoms. The van der Waals surface area contributed by atoms with E-state index in [0.29, 0.717) is 12.6 Å². The summed E-state index contributed by atoms with van der Waals surface area (Å²) in [4.78, 5) is 13.5. The maximum atomic E-state index is 11.6. The van der Waals surface area contributed by atoms with Crippen LogP contribution >= 0.6 is 0 Å². The van der Waals surface area contributed by atoms with Gasteiger partial charge in [-0.1, -0.05) is 6.92 Å². The molecule has 0 radical (unpaired) electrons. The standard InChI is InChI=1S/C10H20N2O2/c1-3-6-14-8-10(13)12-5-4-11-9(2)7-12/h9,11H,3-8H2,1-2H3/t9-/m1/s1. The van der Waals surface area contributed by atoms with Crippen molar-refractivity contribution in [2.24, 2.45) is 0 Å². The van der Waals surface area contributed by atoms with Crippen molar-refractivity contribution >= 4 is 5.91 Å². The van der Waals surface area contributed by atoms with Gasteiger partial charge in [-0.3, -0.25) is 4.79 Å². The fraction of sp³-hybridized carbons (Fsp3) is 0.900. The summed E-state index contributed by atoms with van der Waals surface area (Å²) < 4.78 is 5.22. The van der Waals surface area contributed by atoms with Gasteiger partial charge in [0.1, 0.15) is 6.61 Å². The van der Waals surface area contributed by atoms with Crippen LogP contribution in [-0.2, 0) is 9.53 Å². The van der Waals surface area contributed by atoms with Gasteiger partial charge in [0.15, 0.2) is 0 Å². The van der Waals surface area contributed by atoms with Crippen molar-refractivity contribution in [1.29, 1.82) is 0 Å². The monoisotopic (exact) mass is 200 g/mol. The maximum absolute atomic E-state index is 11.6. The second-order valence-corrected chi connectivity index (χ2v) is 3.75. The number of hydrogen-bond donors (Lipinski definition) is 1. The van der Waals surface area contributed by atoms with Crippen molar-refractivity contribution in [1.82, 2.24) is 10.2 Å². The fourth-order valence-corrected chi connectivity index (χ4v) is 1.55. The molecule has 1 atom stereocenters. The molecular formula is C10H20N2O2. The van der Waals surface area contributed by atoms with E-state index in [1.807, 2.05) is 11.8 Å². The summed E-state index contributed by atoms with van der Waals surface area (Å²) in [6.07, 6.45) is 0.964. The first-order valence-electron chi connectivity index (χ1n) is 5.33. The summed E-state index contributed by atoms with van der Waals surface area (Å²) in [7, 11) is 0. The van der Waals surface area contributed by atoms with Crippen LogP contribution in [0.1, 0.15) is 20.3 Å². The van der Waals surface area contributed by atoms with Gasteiger partial charge < -0.3 is 15.0 Å². The first-order chi connectivity index (χ1) is 6.74. The predicted octanol–water partition coefficient (Wildman–Crippen LogP) is 0.233. The van der Waals surface area contributed by atoms with Crippen molar-refractivity contribution < 1.29 is 9.53 Å². The van der Waals surface area contributed by atoms with Gasteiger partial charge in [0, 0.05) is 32.3 Å². The number of nitrogens with zero attached hydrogens (tertiary/aromatic N) is 1. The van der Waals surface area contributed by atoms with Crippen LogP contribution in [0.5, 0.6) is 0 Å². The van der Waals surface area contributed by atoms with E-state index in [0.717, 1.165) is 26.1 Å². The molecule has 0 unspecified atom stereocenters. The minimum absolute atomic E-state index is 0.117. The lowest BCUT2D eigenvalue weighted by molar-refractivity contribution is -0.137. The van der Waals surface area contributed by atoms with Gasteiger partial charge in [-0.2, -0.15) is 0 Å². The lowest BCUT2D eigenvalue weighted by Crippen LogP contribution is -2.52. The van der Waals surface area contributed by atoms with Crippen LogP contribution in [0.2, 0.25) is 0 Å². The molecule has 0 saturated carbocycles. The molecule has 0 aromatic heterocycles. The molecule has 1 N–H and O–H groups in total.